The summed E-state index contributed by atoms with van der Waals surface area (Å²) in [4.78, 5) is 0. The average molecular weight is 319 g/mol. The number of rotatable bonds is 6. The monoisotopic (exact) mass is 319 g/mol. The zero-order valence-corrected chi connectivity index (χ0v) is 13.2. The maximum Gasteiger partial charge on any atom is 0.259 e. The van der Waals surface area contributed by atoms with Gasteiger partial charge in [0.05, 0.1) is 0 Å². The summed E-state index contributed by atoms with van der Waals surface area (Å²) in [7, 11) is 0. The SMILES string of the molecule is OC1=CC(O)=C(NCc2ccccc2)[C+]=C1NCc1ccccc1. The maximum atomic E-state index is 10.00. The van der Waals surface area contributed by atoms with E-state index in [-0.39, 0.29) is 11.5 Å². The van der Waals surface area contributed by atoms with Gasteiger partial charge in [-0.2, -0.15) is 0 Å². The fraction of sp³-hybridized carbons (Fsp3) is 0.100. The summed E-state index contributed by atoms with van der Waals surface area (Å²) in [6.07, 6.45) is 4.32. The molecular weight excluding hydrogens is 300 g/mol. The second-order valence-electron chi connectivity index (χ2n) is 5.47. The topological polar surface area (TPSA) is 64.5 Å². The Hall–Kier alpha value is -3.23. The molecule has 0 spiro atoms. The molecule has 1 aliphatic rings. The summed E-state index contributed by atoms with van der Waals surface area (Å²) in [5.74, 6) is -0.0672. The maximum absolute atomic E-state index is 10.00. The predicted molar refractivity (Wildman–Crippen MR) is 93.7 cm³/mol. The van der Waals surface area contributed by atoms with Crippen LogP contribution in [0.25, 0.3) is 0 Å². The van der Waals surface area contributed by atoms with Crippen LogP contribution < -0.4 is 10.6 Å². The largest absolute Gasteiger partial charge is 0.446 e. The van der Waals surface area contributed by atoms with Crippen LogP contribution in [0, 0.1) is 6.08 Å². The van der Waals surface area contributed by atoms with E-state index >= 15 is 0 Å². The summed E-state index contributed by atoms with van der Waals surface area (Å²) in [6, 6.07) is 19.8. The normalized spacial score (nSPS) is 13.7. The van der Waals surface area contributed by atoms with E-state index in [0.29, 0.717) is 24.5 Å². The molecule has 0 saturated carbocycles. The van der Waals surface area contributed by atoms with Crippen molar-refractivity contribution in [2.45, 2.75) is 13.1 Å². The molecule has 0 amide bonds. The molecule has 4 nitrogen and oxygen atoms in total. The van der Waals surface area contributed by atoms with Crippen LogP contribution in [-0.2, 0) is 13.1 Å². The van der Waals surface area contributed by atoms with E-state index in [1.165, 1.54) is 6.08 Å². The van der Waals surface area contributed by atoms with E-state index in [4.69, 9.17) is 0 Å². The van der Waals surface area contributed by atoms with Crippen LogP contribution in [0.3, 0.4) is 0 Å². The molecule has 0 bridgehead atoms. The minimum absolute atomic E-state index is 0.0336. The zero-order chi connectivity index (χ0) is 16.8. The Morgan fingerprint density at radius 2 is 1.29 bits per heavy atom. The average Bonchev–Trinajstić information content (AvgIpc) is 2.62. The third-order valence-electron chi connectivity index (χ3n) is 3.66. The first-order chi connectivity index (χ1) is 11.7. The lowest BCUT2D eigenvalue weighted by Gasteiger charge is -2.09. The van der Waals surface area contributed by atoms with E-state index in [2.05, 4.69) is 16.7 Å². The lowest BCUT2D eigenvalue weighted by molar-refractivity contribution is 0.381. The molecular formula is C20H19N2O2+. The van der Waals surface area contributed by atoms with E-state index in [0.717, 1.165) is 11.1 Å². The van der Waals surface area contributed by atoms with E-state index in [1.807, 2.05) is 60.7 Å². The van der Waals surface area contributed by atoms with Crippen molar-refractivity contribution in [3.8, 4) is 0 Å². The van der Waals surface area contributed by atoms with Crippen molar-refractivity contribution >= 4 is 0 Å². The molecule has 2 aromatic rings. The summed E-state index contributed by atoms with van der Waals surface area (Å²) in [5.41, 5.74) is 3.09. The third kappa shape index (κ3) is 3.94. The highest BCUT2D eigenvalue weighted by Crippen LogP contribution is 2.17. The van der Waals surface area contributed by atoms with Gasteiger partial charge in [-0.25, -0.2) is 0 Å². The minimum Gasteiger partial charge on any atom is -0.446 e. The van der Waals surface area contributed by atoms with Crippen LogP contribution in [-0.4, -0.2) is 10.2 Å². The molecule has 0 saturated heterocycles. The molecule has 0 aromatic heterocycles. The van der Waals surface area contributed by atoms with Crippen LogP contribution in [0.4, 0.5) is 0 Å². The van der Waals surface area contributed by atoms with Crippen LogP contribution in [0.5, 0.6) is 0 Å². The van der Waals surface area contributed by atoms with Crippen molar-refractivity contribution < 1.29 is 10.2 Å². The van der Waals surface area contributed by atoms with Crippen LogP contribution >= 0.6 is 0 Å². The van der Waals surface area contributed by atoms with Gasteiger partial charge in [-0.3, -0.25) is 0 Å². The first-order valence-corrected chi connectivity index (χ1v) is 7.76. The Morgan fingerprint density at radius 3 is 1.88 bits per heavy atom. The lowest BCUT2D eigenvalue weighted by Crippen LogP contribution is -2.22. The summed E-state index contributed by atoms with van der Waals surface area (Å²) >= 11 is 0. The van der Waals surface area contributed by atoms with Gasteiger partial charge in [0.25, 0.3) is 11.5 Å². The van der Waals surface area contributed by atoms with Crippen LogP contribution in [0.2, 0.25) is 0 Å². The minimum atomic E-state index is -0.0336. The highest BCUT2D eigenvalue weighted by Gasteiger charge is 2.25. The summed E-state index contributed by atoms with van der Waals surface area (Å²) < 4.78 is 0. The fourth-order valence-corrected chi connectivity index (χ4v) is 2.37. The molecule has 4 N–H and O–H groups in total. The first kappa shape index (κ1) is 15.7. The molecule has 24 heavy (non-hydrogen) atoms. The summed E-state index contributed by atoms with van der Waals surface area (Å²) in [5, 5.41) is 26.3. The van der Waals surface area contributed by atoms with Gasteiger partial charge in [0.15, 0.2) is 0 Å². The van der Waals surface area contributed by atoms with Crippen molar-refractivity contribution in [3.63, 3.8) is 0 Å². The number of hydrogen-bond acceptors (Lipinski definition) is 4. The van der Waals surface area contributed by atoms with E-state index < -0.39 is 0 Å². The quantitative estimate of drug-likeness (QED) is 0.616. The van der Waals surface area contributed by atoms with E-state index in [1.54, 1.807) is 0 Å². The smallest absolute Gasteiger partial charge is 0.259 e. The van der Waals surface area contributed by atoms with Crippen molar-refractivity contribution in [1.82, 2.24) is 10.6 Å². The van der Waals surface area contributed by atoms with Crippen molar-refractivity contribution in [2.24, 2.45) is 0 Å². The molecule has 0 atom stereocenters. The van der Waals surface area contributed by atoms with Gasteiger partial charge in [0.1, 0.15) is 12.2 Å². The molecule has 0 unspecified atom stereocenters. The first-order valence-electron chi connectivity index (χ1n) is 7.76. The molecule has 4 heteroatoms. The van der Waals surface area contributed by atoms with Gasteiger partial charge in [-0.1, -0.05) is 60.7 Å². The molecule has 0 fully saturated rings. The van der Waals surface area contributed by atoms with Gasteiger partial charge in [0, 0.05) is 13.1 Å². The summed E-state index contributed by atoms with van der Waals surface area (Å²) in [6.45, 7) is 1.13. The predicted octanol–water partition coefficient (Wildman–Crippen LogP) is 3.48. The Labute approximate surface area is 141 Å². The number of hydrogen-bond donors (Lipinski definition) is 4. The van der Waals surface area contributed by atoms with E-state index in [9.17, 15) is 10.2 Å². The van der Waals surface area contributed by atoms with Gasteiger partial charge < -0.3 is 20.8 Å². The van der Waals surface area contributed by atoms with Crippen LogP contribution in [0.1, 0.15) is 11.1 Å². The van der Waals surface area contributed by atoms with Crippen molar-refractivity contribution in [1.29, 1.82) is 0 Å². The molecule has 0 radical (unpaired) electrons. The van der Waals surface area contributed by atoms with Gasteiger partial charge in [0.2, 0.25) is 11.4 Å². The van der Waals surface area contributed by atoms with Crippen molar-refractivity contribution in [2.75, 3.05) is 0 Å². The lowest BCUT2D eigenvalue weighted by atomic mass is 10.1. The molecule has 0 heterocycles. The molecule has 3 rings (SSSR count). The Balaban J connectivity index is 1.67. The fourth-order valence-electron chi connectivity index (χ4n) is 2.37. The third-order valence-corrected chi connectivity index (χ3v) is 3.66. The molecule has 1 aliphatic carbocycles. The number of allylic oxidation sites excluding steroid dienone is 2. The highest BCUT2D eigenvalue weighted by molar-refractivity contribution is 5.40. The van der Waals surface area contributed by atoms with Gasteiger partial charge in [-0.15, -0.1) is 0 Å². The molecule has 120 valence electrons. The molecule has 2 aromatic carbocycles. The highest BCUT2D eigenvalue weighted by atomic mass is 16.3. The Kier molecular flexibility index (Phi) is 4.80. The van der Waals surface area contributed by atoms with Gasteiger partial charge in [-0.05, 0) is 11.1 Å². The number of aliphatic hydroxyl groups excluding tert-OH is 2. The Morgan fingerprint density at radius 1 is 0.750 bits per heavy atom. The zero-order valence-electron chi connectivity index (χ0n) is 13.2. The van der Waals surface area contributed by atoms with Gasteiger partial charge >= 0.3 is 0 Å². The van der Waals surface area contributed by atoms with Crippen LogP contribution in [0.15, 0.2) is 89.7 Å². The second kappa shape index (κ2) is 7.36. The molecule has 0 aliphatic heterocycles. The number of benzene rings is 2. The number of nitrogens with one attached hydrogen (secondary N) is 2. The Bertz CT molecular complexity index is 778. The van der Waals surface area contributed by atoms with Crippen molar-refractivity contribution in [3.05, 3.63) is 107 Å². The number of aliphatic hydroxyl groups is 2. The second-order valence-corrected chi connectivity index (χ2v) is 5.47. The standard InChI is InChI=1S/C20H18N2O2/c23-19-12-20(24)18(22-14-16-9-5-2-6-10-16)11-17(19)21-13-15-7-3-1-4-8-15/h1-10,12,21-22H,13-14H2,(H-,23,24)/p+1.